The summed E-state index contributed by atoms with van der Waals surface area (Å²) in [6.45, 7) is 6.02. The van der Waals surface area contributed by atoms with E-state index in [0.29, 0.717) is 18.3 Å². The molecule has 1 saturated carbocycles. The summed E-state index contributed by atoms with van der Waals surface area (Å²) in [4.78, 5) is 2.65. The summed E-state index contributed by atoms with van der Waals surface area (Å²) in [5.41, 5.74) is 4.01. The predicted octanol–water partition coefficient (Wildman–Crippen LogP) is 5.83. The Hall–Kier alpha value is -1.42. The number of hydrogen-bond donors (Lipinski definition) is 2. The Morgan fingerprint density at radius 3 is 2.73 bits per heavy atom. The minimum atomic E-state index is -0.489. The second-order valence-corrected chi connectivity index (χ2v) is 10.9. The molecule has 1 saturated heterocycles. The molecule has 1 aromatic rings. The molecule has 0 radical (unpaired) electrons. The number of unbranched alkanes of at least 4 members (excludes halogenated alkanes) is 3. The van der Waals surface area contributed by atoms with Crippen molar-refractivity contribution in [2.24, 2.45) is 17.8 Å². The van der Waals surface area contributed by atoms with Crippen LogP contribution in [-0.2, 0) is 6.42 Å². The lowest BCUT2D eigenvalue weighted by molar-refractivity contribution is 0.140. The average Bonchev–Trinajstić information content (AvgIpc) is 3.31. The molecular weight excluding hydrogens is 406 g/mol. The van der Waals surface area contributed by atoms with Crippen LogP contribution in [0.3, 0.4) is 0 Å². The molecular formula is C30H45NO2. The fourth-order valence-corrected chi connectivity index (χ4v) is 6.42. The molecule has 4 rings (SSSR count). The van der Waals surface area contributed by atoms with Crippen LogP contribution < -0.4 is 0 Å². The van der Waals surface area contributed by atoms with E-state index in [0.717, 1.165) is 18.4 Å². The van der Waals surface area contributed by atoms with Gasteiger partial charge in [0.15, 0.2) is 0 Å². The number of piperidine rings is 1. The zero-order chi connectivity index (χ0) is 23.0. The van der Waals surface area contributed by atoms with Crippen molar-refractivity contribution in [3.05, 3.63) is 59.2 Å². The minimum Gasteiger partial charge on any atom is -0.392 e. The summed E-state index contributed by atoms with van der Waals surface area (Å²) < 4.78 is 0. The molecule has 1 heterocycles. The highest BCUT2D eigenvalue weighted by atomic mass is 16.3. The third-order valence-corrected chi connectivity index (χ3v) is 8.20. The first-order valence-electron chi connectivity index (χ1n) is 13.6. The van der Waals surface area contributed by atoms with E-state index in [-0.39, 0.29) is 12.0 Å². The van der Waals surface area contributed by atoms with Gasteiger partial charge in [-0.3, -0.25) is 0 Å². The van der Waals surface area contributed by atoms with E-state index in [2.05, 4.69) is 42.2 Å². The van der Waals surface area contributed by atoms with Crippen molar-refractivity contribution >= 4 is 0 Å². The lowest BCUT2D eigenvalue weighted by atomic mass is 9.88. The molecule has 2 N–H and O–H groups in total. The van der Waals surface area contributed by atoms with Crippen molar-refractivity contribution in [1.29, 1.82) is 0 Å². The first-order valence-corrected chi connectivity index (χ1v) is 13.6. The van der Waals surface area contributed by atoms with Crippen molar-refractivity contribution in [2.45, 2.75) is 89.8 Å². The molecule has 0 bridgehead atoms. The molecule has 3 heteroatoms. The van der Waals surface area contributed by atoms with Crippen molar-refractivity contribution < 1.29 is 10.2 Å². The van der Waals surface area contributed by atoms with Crippen molar-refractivity contribution in [3.63, 3.8) is 0 Å². The van der Waals surface area contributed by atoms with Crippen LogP contribution in [0.5, 0.6) is 0 Å². The van der Waals surface area contributed by atoms with Crippen molar-refractivity contribution in [1.82, 2.24) is 4.90 Å². The Balaban J connectivity index is 1.16. The largest absolute Gasteiger partial charge is 0.392 e. The number of benzene rings is 1. The molecule has 3 aliphatic rings. The second-order valence-electron chi connectivity index (χ2n) is 10.9. The topological polar surface area (TPSA) is 43.7 Å². The number of rotatable bonds is 11. The average molecular weight is 452 g/mol. The maximum atomic E-state index is 10.6. The van der Waals surface area contributed by atoms with Gasteiger partial charge in [-0.05, 0) is 88.9 Å². The van der Waals surface area contributed by atoms with Crippen LogP contribution in [-0.4, -0.2) is 47.0 Å². The van der Waals surface area contributed by atoms with Gasteiger partial charge in [-0.1, -0.05) is 72.9 Å². The number of aliphatic hydroxyl groups is 2. The SMILES string of the molecule is Cc1cccc(C[C@H](O)/C=C/[C@@H]2[C@H]3CC(CCCCCCN4CCCCC4)=C[C@H]3C[C@H]2O)c1. The molecule has 5 atom stereocenters. The number of aliphatic hydroxyl groups excluding tert-OH is 2. The summed E-state index contributed by atoms with van der Waals surface area (Å²) in [7, 11) is 0. The molecule has 2 fully saturated rings. The van der Waals surface area contributed by atoms with Gasteiger partial charge in [0.25, 0.3) is 0 Å². The summed E-state index contributed by atoms with van der Waals surface area (Å²) >= 11 is 0. The third kappa shape index (κ3) is 7.28. The van der Waals surface area contributed by atoms with Crippen molar-refractivity contribution in [3.8, 4) is 0 Å². The molecule has 0 unspecified atom stereocenters. The maximum absolute atomic E-state index is 10.6. The minimum absolute atomic E-state index is 0.181. The van der Waals surface area contributed by atoms with E-state index in [1.807, 2.05) is 12.1 Å². The molecule has 2 aliphatic carbocycles. The lowest BCUT2D eigenvalue weighted by Gasteiger charge is -2.26. The van der Waals surface area contributed by atoms with Gasteiger partial charge in [0.1, 0.15) is 0 Å². The van der Waals surface area contributed by atoms with Crippen LogP contribution in [0.15, 0.2) is 48.1 Å². The number of nitrogens with zero attached hydrogens (tertiary/aromatic N) is 1. The van der Waals surface area contributed by atoms with Crippen LogP contribution >= 0.6 is 0 Å². The van der Waals surface area contributed by atoms with Crippen LogP contribution in [0, 0.1) is 24.7 Å². The van der Waals surface area contributed by atoms with Gasteiger partial charge in [-0.15, -0.1) is 0 Å². The third-order valence-electron chi connectivity index (χ3n) is 8.20. The summed E-state index contributed by atoms with van der Waals surface area (Å²) in [6.07, 6.45) is 19.3. The second kappa shape index (κ2) is 12.3. The zero-order valence-corrected chi connectivity index (χ0v) is 20.7. The Morgan fingerprint density at radius 1 is 1.09 bits per heavy atom. The molecule has 0 spiro atoms. The van der Waals surface area contributed by atoms with Gasteiger partial charge in [0.2, 0.25) is 0 Å². The zero-order valence-electron chi connectivity index (χ0n) is 20.7. The fraction of sp³-hybridized carbons (Fsp3) is 0.667. The maximum Gasteiger partial charge on any atom is 0.0761 e. The standard InChI is InChI=1S/C30H45NO2/c1-23-10-9-12-24(18-23)20-27(32)13-14-28-29-21-25(19-26(29)22-30(28)33)11-5-2-3-6-15-31-16-7-4-8-17-31/h9-10,12-14,18-19,26-30,32-33H,2-8,11,15-17,20-22H2,1H3/b14-13+/t26-,27+,28+,29-,30+/m0/s1. The van der Waals surface area contributed by atoms with Gasteiger partial charge in [-0.25, -0.2) is 0 Å². The van der Waals surface area contributed by atoms with E-state index in [1.54, 1.807) is 5.57 Å². The van der Waals surface area contributed by atoms with E-state index >= 15 is 0 Å². The molecule has 182 valence electrons. The Kier molecular flexibility index (Phi) is 9.23. The number of hydrogen-bond acceptors (Lipinski definition) is 3. The molecule has 0 amide bonds. The van der Waals surface area contributed by atoms with Gasteiger partial charge in [-0.2, -0.15) is 0 Å². The summed E-state index contributed by atoms with van der Waals surface area (Å²) in [5, 5.41) is 21.2. The van der Waals surface area contributed by atoms with Crippen LogP contribution in [0.2, 0.25) is 0 Å². The number of fused-ring (bicyclic) bond motifs is 1. The quantitative estimate of drug-likeness (QED) is 0.328. The van der Waals surface area contributed by atoms with E-state index in [1.165, 1.54) is 76.6 Å². The molecule has 0 aromatic heterocycles. The summed E-state index contributed by atoms with van der Waals surface area (Å²) in [5.74, 6) is 1.23. The van der Waals surface area contributed by atoms with E-state index in [9.17, 15) is 10.2 Å². The smallest absolute Gasteiger partial charge is 0.0761 e. The number of allylic oxidation sites excluding steroid dienone is 2. The van der Waals surface area contributed by atoms with Gasteiger partial charge in [0, 0.05) is 12.3 Å². The number of aryl methyl sites for hydroxylation is 1. The normalized spacial score (nSPS) is 28.9. The highest BCUT2D eigenvalue weighted by Crippen LogP contribution is 2.48. The molecule has 1 aliphatic heterocycles. The van der Waals surface area contributed by atoms with Gasteiger partial charge < -0.3 is 15.1 Å². The number of likely N-dealkylation sites (tertiary alicyclic amines) is 1. The predicted molar refractivity (Wildman–Crippen MR) is 137 cm³/mol. The van der Waals surface area contributed by atoms with E-state index in [4.69, 9.17) is 0 Å². The molecule has 3 nitrogen and oxygen atoms in total. The Morgan fingerprint density at radius 2 is 1.91 bits per heavy atom. The lowest BCUT2D eigenvalue weighted by Crippen LogP contribution is -2.30. The fourth-order valence-electron chi connectivity index (χ4n) is 6.42. The van der Waals surface area contributed by atoms with Gasteiger partial charge >= 0.3 is 0 Å². The van der Waals surface area contributed by atoms with Crippen LogP contribution in [0.25, 0.3) is 0 Å². The highest BCUT2D eigenvalue weighted by molar-refractivity contribution is 5.24. The first kappa shape index (κ1) is 24.7. The highest BCUT2D eigenvalue weighted by Gasteiger charge is 2.43. The van der Waals surface area contributed by atoms with Crippen LogP contribution in [0.1, 0.15) is 75.3 Å². The van der Waals surface area contributed by atoms with Gasteiger partial charge in [0.05, 0.1) is 12.2 Å². The molecule has 33 heavy (non-hydrogen) atoms. The monoisotopic (exact) mass is 451 g/mol. The summed E-state index contributed by atoms with van der Waals surface area (Å²) in [6, 6.07) is 8.34. The molecule has 1 aromatic carbocycles. The Bertz CT molecular complexity index is 794. The first-order chi connectivity index (χ1) is 16.1. The van der Waals surface area contributed by atoms with Crippen LogP contribution in [0.4, 0.5) is 0 Å². The van der Waals surface area contributed by atoms with Crippen molar-refractivity contribution in [2.75, 3.05) is 19.6 Å². The Labute approximate surface area is 201 Å². The van der Waals surface area contributed by atoms with E-state index < -0.39 is 6.10 Å².